The number of nitrogens with zero attached hydrogens (tertiary/aromatic N) is 4. The van der Waals surface area contributed by atoms with Crippen LogP contribution in [0.5, 0.6) is 0 Å². The van der Waals surface area contributed by atoms with Crippen LogP contribution < -0.4 is 5.32 Å². The molecule has 0 aliphatic carbocycles. The van der Waals surface area contributed by atoms with E-state index in [2.05, 4.69) is 43.2 Å². The molecule has 1 N–H and O–H groups in total. The summed E-state index contributed by atoms with van der Waals surface area (Å²) < 4.78 is 2.87. The Morgan fingerprint density at radius 3 is 3.12 bits per heavy atom. The highest BCUT2D eigenvalue weighted by molar-refractivity contribution is 9.11. The molecule has 2 rings (SSSR count). The first-order valence-corrected chi connectivity index (χ1v) is 6.53. The summed E-state index contributed by atoms with van der Waals surface area (Å²) in [6.45, 7) is 3.77. The smallest absolute Gasteiger partial charge is 0.137 e. The average Bonchev–Trinajstić information content (AvgIpc) is 2.89. The highest BCUT2D eigenvalue weighted by Gasteiger charge is 2.08. The van der Waals surface area contributed by atoms with Crippen LogP contribution in [0.4, 0.5) is 0 Å². The molecule has 0 saturated carbocycles. The van der Waals surface area contributed by atoms with Gasteiger partial charge in [-0.15, -0.1) is 11.3 Å². The third kappa shape index (κ3) is 3.10. The predicted molar refractivity (Wildman–Crippen MR) is 66.3 cm³/mol. The van der Waals surface area contributed by atoms with Crippen molar-refractivity contribution >= 4 is 27.3 Å². The summed E-state index contributed by atoms with van der Waals surface area (Å²) in [5.74, 6) is 0. The van der Waals surface area contributed by atoms with Crippen molar-refractivity contribution < 1.29 is 0 Å². The van der Waals surface area contributed by atoms with Gasteiger partial charge in [0, 0.05) is 6.54 Å². The largest absolute Gasteiger partial charge is 0.306 e. The molecule has 0 saturated heterocycles. The van der Waals surface area contributed by atoms with Crippen LogP contribution in [0.2, 0.25) is 0 Å². The van der Waals surface area contributed by atoms with Crippen molar-refractivity contribution in [3.8, 4) is 0 Å². The van der Waals surface area contributed by atoms with E-state index in [9.17, 15) is 0 Å². The van der Waals surface area contributed by atoms with Gasteiger partial charge >= 0.3 is 0 Å². The highest BCUT2D eigenvalue weighted by Crippen LogP contribution is 2.23. The van der Waals surface area contributed by atoms with Gasteiger partial charge in [-0.1, -0.05) is 0 Å². The molecule has 5 nitrogen and oxygen atoms in total. The minimum Gasteiger partial charge on any atom is -0.306 e. The van der Waals surface area contributed by atoms with Crippen molar-refractivity contribution in [2.45, 2.75) is 19.5 Å². The second kappa shape index (κ2) is 5.51. The molecule has 0 bridgehead atoms. The van der Waals surface area contributed by atoms with Gasteiger partial charge in [0.05, 0.1) is 22.6 Å². The first-order chi connectivity index (χ1) is 7.75. The van der Waals surface area contributed by atoms with Gasteiger partial charge in [0.25, 0.3) is 0 Å². The van der Waals surface area contributed by atoms with Gasteiger partial charge in [0.2, 0.25) is 0 Å². The van der Waals surface area contributed by atoms with Crippen LogP contribution in [0.3, 0.4) is 0 Å². The molecule has 0 amide bonds. The van der Waals surface area contributed by atoms with Gasteiger partial charge in [0.1, 0.15) is 17.7 Å². The summed E-state index contributed by atoms with van der Waals surface area (Å²) in [7, 11) is 0. The fourth-order valence-corrected chi connectivity index (χ4v) is 2.57. The molecule has 0 spiro atoms. The van der Waals surface area contributed by atoms with Crippen LogP contribution in [-0.2, 0) is 6.54 Å². The van der Waals surface area contributed by atoms with E-state index < -0.39 is 0 Å². The number of rotatable bonds is 5. The third-order valence-corrected chi connectivity index (χ3v) is 3.78. The van der Waals surface area contributed by atoms with E-state index in [1.807, 2.05) is 6.20 Å². The van der Waals surface area contributed by atoms with Crippen molar-refractivity contribution in [1.29, 1.82) is 0 Å². The quantitative estimate of drug-likeness (QED) is 0.916. The predicted octanol–water partition coefficient (Wildman–Crippen LogP) is 1.85. The number of halogens is 1. The first kappa shape index (κ1) is 11.7. The molecular weight excluding hydrogens is 290 g/mol. The molecule has 2 aromatic rings. The van der Waals surface area contributed by atoms with Gasteiger partial charge in [-0.25, -0.2) is 9.97 Å². The molecule has 16 heavy (non-hydrogen) atoms. The van der Waals surface area contributed by atoms with Gasteiger partial charge < -0.3 is 5.32 Å². The Bertz CT molecular complexity index is 427. The Balaban J connectivity index is 1.78. The summed E-state index contributed by atoms with van der Waals surface area (Å²) >= 11 is 5.06. The topological polar surface area (TPSA) is 55.6 Å². The molecule has 0 aromatic carbocycles. The Labute approximate surface area is 106 Å². The number of nitrogens with one attached hydrogen (secondary N) is 1. The zero-order chi connectivity index (χ0) is 11.4. The number of thiazole rings is 1. The first-order valence-electron chi connectivity index (χ1n) is 4.92. The zero-order valence-electron chi connectivity index (χ0n) is 8.80. The van der Waals surface area contributed by atoms with Crippen LogP contribution in [0.1, 0.15) is 18.0 Å². The lowest BCUT2D eigenvalue weighted by atomic mass is 10.3. The summed E-state index contributed by atoms with van der Waals surface area (Å²) in [5, 5.41) is 8.51. The Morgan fingerprint density at radius 2 is 2.50 bits per heavy atom. The molecular formula is C9H12BrN5S. The van der Waals surface area contributed by atoms with Crippen LogP contribution >= 0.6 is 27.3 Å². The molecule has 1 unspecified atom stereocenters. The van der Waals surface area contributed by atoms with E-state index in [0.29, 0.717) is 0 Å². The van der Waals surface area contributed by atoms with E-state index in [1.54, 1.807) is 28.7 Å². The van der Waals surface area contributed by atoms with Crippen LogP contribution in [0, 0.1) is 0 Å². The zero-order valence-corrected chi connectivity index (χ0v) is 11.2. The number of hydrogen-bond acceptors (Lipinski definition) is 5. The normalized spacial score (nSPS) is 12.9. The minimum atomic E-state index is 0.264. The molecule has 2 aromatic heterocycles. The molecule has 0 aliphatic rings. The fraction of sp³-hybridized carbons (Fsp3) is 0.444. The number of aromatic nitrogens is 4. The van der Waals surface area contributed by atoms with E-state index in [0.717, 1.165) is 21.9 Å². The van der Waals surface area contributed by atoms with Gasteiger partial charge in [-0.05, 0) is 22.9 Å². The maximum absolute atomic E-state index is 4.31. The molecule has 2 heterocycles. The lowest BCUT2D eigenvalue weighted by Crippen LogP contribution is -2.23. The van der Waals surface area contributed by atoms with Gasteiger partial charge in [0.15, 0.2) is 0 Å². The molecule has 86 valence electrons. The second-order valence-corrected chi connectivity index (χ2v) is 5.78. The Kier molecular flexibility index (Phi) is 4.03. The third-order valence-electron chi connectivity index (χ3n) is 2.12. The van der Waals surface area contributed by atoms with Gasteiger partial charge in [-0.2, -0.15) is 5.10 Å². The Morgan fingerprint density at radius 1 is 1.62 bits per heavy atom. The second-order valence-electron chi connectivity index (χ2n) is 3.34. The van der Waals surface area contributed by atoms with Crippen molar-refractivity contribution in [3.63, 3.8) is 0 Å². The summed E-state index contributed by atoms with van der Waals surface area (Å²) in [5.41, 5.74) is 0. The van der Waals surface area contributed by atoms with E-state index >= 15 is 0 Å². The average molecular weight is 302 g/mol. The van der Waals surface area contributed by atoms with Crippen molar-refractivity contribution in [1.82, 2.24) is 25.1 Å². The maximum Gasteiger partial charge on any atom is 0.137 e. The van der Waals surface area contributed by atoms with E-state index in [4.69, 9.17) is 0 Å². The van der Waals surface area contributed by atoms with Crippen LogP contribution in [0.15, 0.2) is 22.6 Å². The van der Waals surface area contributed by atoms with Crippen molar-refractivity contribution in [2.75, 3.05) is 6.54 Å². The highest BCUT2D eigenvalue weighted by atomic mass is 79.9. The van der Waals surface area contributed by atoms with Gasteiger partial charge in [-0.3, -0.25) is 4.68 Å². The molecule has 0 radical (unpaired) electrons. The Hall–Kier alpha value is -0.790. The van der Waals surface area contributed by atoms with Crippen LogP contribution in [0.25, 0.3) is 0 Å². The fourth-order valence-electron chi connectivity index (χ4n) is 1.30. The number of hydrogen-bond donors (Lipinski definition) is 1. The summed E-state index contributed by atoms with van der Waals surface area (Å²) in [6, 6.07) is 0.264. The van der Waals surface area contributed by atoms with Crippen LogP contribution in [-0.4, -0.2) is 26.3 Å². The van der Waals surface area contributed by atoms with Crippen molar-refractivity contribution in [3.05, 3.63) is 27.6 Å². The summed E-state index contributed by atoms with van der Waals surface area (Å²) in [4.78, 5) is 8.19. The van der Waals surface area contributed by atoms with Crippen molar-refractivity contribution in [2.24, 2.45) is 0 Å². The van der Waals surface area contributed by atoms with E-state index in [1.165, 1.54) is 0 Å². The minimum absolute atomic E-state index is 0.264. The SMILES string of the molecule is CC(NCCn1cncn1)c1ncc(Br)s1. The molecule has 0 fully saturated rings. The standard InChI is InChI=1S/C9H12BrN5S/c1-7(9-13-4-8(10)16-9)12-2-3-15-6-11-5-14-15/h4-7,12H,2-3H2,1H3. The lowest BCUT2D eigenvalue weighted by Gasteiger charge is -2.10. The van der Waals surface area contributed by atoms with E-state index in [-0.39, 0.29) is 6.04 Å². The summed E-state index contributed by atoms with van der Waals surface area (Å²) in [6.07, 6.45) is 5.09. The monoisotopic (exact) mass is 301 g/mol. The maximum atomic E-state index is 4.31. The molecule has 7 heteroatoms. The molecule has 1 atom stereocenters. The molecule has 0 aliphatic heterocycles. The lowest BCUT2D eigenvalue weighted by molar-refractivity contribution is 0.505.